The van der Waals surface area contributed by atoms with Crippen molar-refractivity contribution in [1.29, 1.82) is 0 Å². The molecule has 0 aliphatic carbocycles. The molecule has 1 N–H and O–H groups in total. The number of thiophene rings is 1. The molecule has 140 valence electrons. The number of nitrogens with one attached hydrogen (secondary N) is 1. The number of hydrogen-bond acceptors (Lipinski definition) is 2. The standard InChI is InChI=1S/C19H21NS.C3H6.C2H6/c1-5-10-19(3,20-4)18-13-17(14-21-18)12-16-9-7-8-15(6-2)11-16;1-3-2;1-2/h2,5,7-9,11,13-14,20H,1,10,12H2,3-4H3;3H,1H2,2H3;1-2H3/t19-;;/m0../s1. The Bertz CT molecular complexity index is 705. The molecule has 0 aliphatic heterocycles. The van der Waals surface area contributed by atoms with Gasteiger partial charge in [0.2, 0.25) is 0 Å². The Morgan fingerprint density at radius 3 is 2.42 bits per heavy atom. The minimum Gasteiger partial charge on any atom is -0.310 e. The fraction of sp³-hybridized carbons (Fsp3) is 0.333. The van der Waals surface area contributed by atoms with Crippen LogP contribution in [-0.2, 0) is 12.0 Å². The molecule has 0 saturated carbocycles. The van der Waals surface area contributed by atoms with Crippen LogP contribution in [0.1, 0.15) is 55.7 Å². The van der Waals surface area contributed by atoms with Crippen LogP contribution in [0.3, 0.4) is 0 Å². The molecule has 0 fully saturated rings. The summed E-state index contributed by atoms with van der Waals surface area (Å²) in [6.45, 7) is 15.3. The van der Waals surface area contributed by atoms with Crippen molar-refractivity contribution in [1.82, 2.24) is 5.32 Å². The Labute approximate surface area is 164 Å². The van der Waals surface area contributed by atoms with E-state index in [4.69, 9.17) is 6.42 Å². The summed E-state index contributed by atoms with van der Waals surface area (Å²) >= 11 is 1.80. The summed E-state index contributed by atoms with van der Waals surface area (Å²) in [6, 6.07) is 10.5. The van der Waals surface area contributed by atoms with E-state index in [0.29, 0.717) is 0 Å². The van der Waals surface area contributed by atoms with Crippen molar-refractivity contribution in [2.45, 2.75) is 46.1 Å². The predicted molar refractivity (Wildman–Crippen MR) is 120 cm³/mol. The Balaban J connectivity index is 0.00000113. The van der Waals surface area contributed by atoms with Gasteiger partial charge in [0.25, 0.3) is 0 Å². The lowest BCUT2D eigenvalue weighted by molar-refractivity contribution is 0.413. The van der Waals surface area contributed by atoms with E-state index >= 15 is 0 Å². The van der Waals surface area contributed by atoms with Crippen molar-refractivity contribution in [3.05, 3.63) is 82.6 Å². The van der Waals surface area contributed by atoms with E-state index in [1.54, 1.807) is 17.4 Å². The molecule has 2 rings (SSSR count). The van der Waals surface area contributed by atoms with Crippen LogP contribution in [0.25, 0.3) is 0 Å². The first kappa shape index (κ1) is 23.9. The van der Waals surface area contributed by atoms with Crippen molar-refractivity contribution >= 4 is 11.3 Å². The maximum atomic E-state index is 5.46. The van der Waals surface area contributed by atoms with Gasteiger partial charge in [-0.25, -0.2) is 0 Å². The molecule has 1 heterocycles. The molecule has 0 amide bonds. The summed E-state index contributed by atoms with van der Waals surface area (Å²) < 4.78 is 0. The Morgan fingerprint density at radius 2 is 1.88 bits per heavy atom. The highest BCUT2D eigenvalue weighted by Crippen LogP contribution is 2.31. The third-order valence-electron chi connectivity index (χ3n) is 3.80. The van der Waals surface area contributed by atoms with Gasteiger partial charge in [-0.3, -0.25) is 0 Å². The third kappa shape index (κ3) is 7.44. The molecule has 0 radical (unpaired) electrons. The Hall–Kier alpha value is -2.08. The van der Waals surface area contributed by atoms with Crippen molar-refractivity contribution in [2.24, 2.45) is 0 Å². The fourth-order valence-corrected chi connectivity index (χ4v) is 3.47. The summed E-state index contributed by atoms with van der Waals surface area (Å²) in [7, 11) is 2.00. The quantitative estimate of drug-likeness (QED) is 0.451. The van der Waals surface area contributed by atoms with Crippen LogP contribution >= 0.6 is 11.3 Å². The van der Waals surface area contributed by atoms with Crippen molar-refractivity contribution < 1.29 is 0 Å². The van der Waals surface area contributed by atoms with E-state index in [1.807, 2.05) is 46.0 Å². The van der Waals surface area contributed by atoms with Gasteiger partial charge in [0.15, 0.2) is 0 Å². The van der Waals surface area contributed by atoms with Gasteiger partial charge in [-0.2, -0.15) is 0 Å². The molecule has 26 heavy (non-hydrogen) atoms. The fourth-order valence-electron chi connectivity index (χ4n) is 2.38. The molecule has 1 nitrogen and oxygen atoms in total. The second-order valence-electron chi connectivity index (χ2n) is 5.82. The maximum absolute atomic E-state index is 5.46. The van der Waals surface area contributed by atoms with Gasteiger partial charge in [-0.15, -0.1) is 30.9 Å². The summed E-state index contributed by atoms with van der Waals surface area (Å²) in [5, 5.41) is 5.64. The van der Waals surface area contributed by atoms with E-state index in [1.165, 1.54) is 16.0 Å². The second-order valence-corrected chi connectivity index (χ2v) is 6.74. The van der Waals surface area contributed by atoms with Gasteiger partial charge >= 0.3 is 0 Å². The number of benzene rings is 1. The van der Waals surface area contributed by atoms with Crippen LogP contribution in [0.5, 0.6) is 0 Å². The molecule has 0 aliphatic rings. The van der Waals surface area contributed by atoms with Crippen LogP contribution in [0.15, 0.2) is 61.0 Å². The first-order chi connectivity index (χ1) is 12.5. The van der Waals surface area contributed by atoms with E-state index in [9.17, 15) is 0 Å². The van der Waals surface area contributed by atoms with Crippen LogP contribution in [-0.4, -0.2) is 7.05 Å². The highest BCUT2D eigenvalue weighted by molar-refractivity contribution is 7.10. The number of hydrogen-bond donors (Lipinski definition) is 1. The van der Waals surface area contributed by atoms with Gasteiger partial charge in [-0.1, -0.05) is 44.1 Å². The molecule has 1 aromatic heterocycles. The third-order valence-corrected chi connectivity index (χ3v) is 5.05. The lowest BCUT2D eigenvalue weighted by Crippen LogP contribution is -2.35. The zero-order chi connectivity index (χ0) is 20.0. The number of rotatable bonds is 6. The summed E-state index contributed by atoms with van der Waals surface area (Å²) in [6.07, 6.45) is 11.0. The van der Waals surface area contributed by atoms with E-state index in [2.05, 4.69) is 54.9 Å². The second kappa shape index (κ2) is 13.2. The first-order valence-corrected chi connectivity index (χ1v) is 9.91. The highest BCUT2D eigenvalue weighted by Gasteiger charge is 2.24. The van der Waals surface area contributed by atoms with Gasteiger partial charge < -0.3 is 5.32 Å². The highest BCUT2D eigenvalue weighted by atomic mass is 32.1. The zero-order valence-corrected chi connectivity index (χ0v) is 17.7. The van der Waals surface area contributed by atoms with E-state index < -0.39 is 0 Å². The number of terminal acetylenes is 1. The lowest BCUT2D eigenvalue weighted by Gasteiger charge is -2.26. The summed E-state index contributed by atoms with van der Waals surface area (Å²) in [4.78, 5) is 1.34. The molecule has 0 unspecified atom stereocenters. The molecule has 0 saturated heterocycles. The van der Waals surface area contributed by atoms with Gasteiger partial charge in [-0.05, 0) is 68.4 Å². The van der Waals surface area contributed by atoms with Crippen molar-refractivity contribution in [3.8, 4) is 12.3 Å². The molecular weight excluding hydrogens is 334 g/mol. The minimum atomic E-state index is -0.0364. The van der Waals surface area contributed by atoms with Crippen molar-refractivity contribution in [3.63, 3.8) is 0 Å². The zero-order valence-electron chi connectivity index (χ0n) is 16.9. The topological polar surface area (TPSA) is 12.0 Å². The monoisotopic (exact) mass is 367 g/mol. The molecule has 0 bridgehead atoms. The van der Waals surface area contributed by atoms with Crippen LogP contribution in [0, 0.1) is 12.3 Å². The maximum Gasteiger partial charge on any atom is 0.0532 e. The Morgan fingerprint density at radius 1 is 1.23 bits per heavy atom. The van der Waals surface area contributed by atoms with Gasteiger partial charge in [0.05, 0.1) is 5.54 Å². The SMILES string of the molecule is C#Cc1cccc(Cc2csc([C@](C)(CC=C)NC)c2)c1.C=CC.CC. The number of allylic oxidation sites excluding steroid dienone is 1. The molecule has 0 spiro atoms. The molecule has 1 aromatic carbocycles. The van der Waals surface area contributed by atoms with Gasteiger partial charge in [0.1, 0.15) is 0 Å². The largest absolute Gasteiger partial charge is 0.310 e. The molecule has 2 aromatic rings. The van der Waals surface area contributed by atoms with Crippen LogP contribution < -0.4 is 5.32 Å². The van der Waals surface area contributed by atoms with Gasteiger partial charge in [0, 0.05) is 10.4 Å². The summed E-state index contributed by atoms with van der Waals surface area (Å²) in [5.74, 6) is 2.69. The average Bonchev–Trinajstić information content (AvgIpc) is 3.13. The van der Waals surface area contributed by atoms with E-state index in [0.717, 1.165) is 18.4 Å². The van der Waals surface area contributed by atoms with Crippen LogP contribution in [0.2, 0.25) is 0 Å². The molecule has 1 atom stereocenters. The molecular formula is C24H33NS. The summed E-state index contributed by atoms with van der Waals surface area (Å²) in [5.41, 5.74) is 3.49. The molecule has 2 heteroatoms. The smallest absolute Gasteiger partial charge is 0.0532 e. The Kier molecular flexibility index (Phi) is 12.1. The lowest BCUT2D eigenvalue weighted by atomic mass is 9.95. The minimum absolute atomic E-state index is 0.0364. The van der Waals surface area contributed by atoms with Crippen LogP contribution in [0.4, 0.5) is 0 Å². The normalized spacial score (nSPS) is 11.5. The van der Waals surface area contributed by atoms with E-state index in [-0.39, 0.29) is 5.54 Å². The average molecular weight is 368 g/mol. The van der Waals surface area contributed by atoms with Crippen molar-refractivity contribution in [2.75, 3.05) is 7.05 Å². The predicted octanol–water partition coefficient (Wildman–Crippen LogP) is 6.55. The first-order valence-electron chi connectivity index (χ1n) is 9.03.